The van der Waals surface area contributed by atoms with Gasteiger partial charge in [-0.15, -0.1) is 10.2 Å². The topological polar surface area (TPSA) is 63.1 Å². The Hall–Kier alpha value is -2.51. The lowest BCUT2D eigenvalue weighted by atomic mass is 10.2. The van der Waals surface area contributed by atoms with Crippen molar-refractivity contribution in [2.45, 2.75) is 12.1 Å². The first-order chi connectivity index (χ1) is 12.9. The van der Waals surface area contributed by atoms with Gasteiger partial charge >= 0.3 is 0 Å². The lowest BCUT2D eigenvalue weighted by Gasteiger charge is -2.18. The molecule has 0 aliphatic heterocycles. The summed E-state index contributed by atoms with van der Waals surface area (Å²) in [5.74, 6) is 0.0769. The van der Waals surface area contributed by atoms with E-state index in [4.69, 9.17) is 11.6 Å². The average Bonchev–Trinajstić information content (AvgIpc) is 3.09. The lowest BCUT2D eigenvalue weighted by Crippen LogP contribution is -2.18. The van der Waals surface area contributed by atoms with E-state index in [9.17, 15) is 4.79 Å². The van der Waals surface area contributed by atoms with Gasteiger partial charge in [-0.25, -0.2) is 0 Å². The van der Waals surface area contributed by atoms with Crippen LogP contribution < -0.4 is 10.2 Å². The molecule has 0 radical (unpaired) electrons. The summed E-state index contributed by atoms with van der Waals surface area (Å²) in [5, 5.41) is 12.2. The van der Waals surface area contributed by atoms with Gasteiger partial charge in [-0.3, -0.25) is 9.36 Å². The van der Waals surface area contributed by atoms with Gasteiger partial charge in [-0.05, 0) is 37.3 Å². The molecule has 27 heavy (non-hydrogen) atoms. The highest BCUT2D eigenvalue weighted by molar-refractivity contribution is 7.99. The van der Waals surface area contributed by atoms with E-state index in [1.807, 2.05) is 60.8 Å². The van der Waals surface area contributed by atoms with Crippen molar-refractivity contribution >= 4 is 40.6 Å². The number of carbonyl (C=O) groups is 1. The quantitative estimate of drug-likeness (QED) is 0.632. The van der Waals surface area contributed by atoms with Crippen LogP contribution in [-0.2, 0) is 4.79 Å². The van der Waals surface area contributed by atoms with E-state index in [0.29, 0.717) is 15.9 Å². The fourth-order valence-electron chi connectivity index (χ4n) is 2.52. The first-order valence-corrected chi connectivity index (χ1v) is 9.67. The van der Waals surface area contributed by atoms with Crippen molar-refractivity contribution in [1.29, 1.82) is 0 Å². The zero-order valence-corrected chi connectivity index (χ0v) is 16.9. The Balaban J connectivity index is 1.68. The normalized spacial score (nSPS) is 10.7. The number of halogens is 1. The van der Waals surface area contributed by atoms with Crippen LogP contribution >= 0.6 is 23.4 Å². The summed E-state index contributed by atoms with van der Waals surface area (Å²) in [5.41, 5.74) is 3.70. The second-order valence-electron chi connectivity index (χ2n) is 6.21. The molecule has 0 spiro atoms. The van der Waals surface area contributed by atoms with Crippen molar-refractivity contribution in [3.63, 3.8) is 0 Å². The Labute approximate surface area is 167 Å². The molecule has 1 N–H and O–H groups in total. The number of thioether (sulfide) groups is 1. The number of anilines is 2. The molecule has 1 heterocycles. The summed E-state index contributed by atoms with van der Waals surface area (Å²) in [7, 11) is 3.83. The molecule has 8 heteroatoms. The molecule has 1 amide bonds. The number of aromatic nitrogens is 3. The molecular formula is C19H20ClN5OS. The third-order valence-corrected chi connectivity index (χ3v) is 5.05. The van der Waals surface area contributed by atoms with E-state index in [1.54, 1.807) is 18.5 Å². The minimum absolute atomic E-state index is 0.135. The molecule has 2 aromatic carbocycles. The summed E-state index contributed by atoms with van der Waals surface area (Å²) < 4.78 is 1.86. The highest BCUT2D eigenvalue weighted by atomic mass is 35.5. The SMILES string of the molecule is Cc1ccc(-n2cnnc2SCC(=O)Nc2cc(Cl)ccc2N(C)C)cc1. The van der Waals surface area contributed by atoms with Gasteiger partial charge in [0.15, 0.2) is 5.16 Å². The van der Waals surface area contributed by atoms with Gasteiger partial charge in [0.25, 0.3) is 0 Å². The zero-order valence-electron chi connectivity index (χ0n) is 15.3. The molecule has 0 saturated carbocycles. The molecule has 3 rings (SSSR count). The Morgan fingerprint density at radius 1 is 1.22 bits per heavy atom. The van der Waals surface area contributed by atoms with Gasteiger partial charge in [0.2, 0.25) is 5.91 Å². The number of carbonyl (C=O) groups excluding carboxylic acids is 1. The van der Waals surface area contributed by atoms with Gasteiger partial charge in [0.05, 0.1) is 17.1 Å². The van der Waals surface area contributed by atoms with Crippen molar-refractivity contribution in [3.8, 4) is 5.69 Å². The summed E-state index contributed by atoms with van der Waals surface area (Å²) in [6.45, 7) is 2.04. The standard InChI is InChI=1S/C19H20ClN5OS/c1-13-4-7-15(8-5-13)25-12-21-23-19(25)27-11-18(26)22-16-10-14(20)6-9-17(16)24(2)3/h4-10,12H,11H2,1-3H3,(H,22,26). The maximum atomic E-state index is 12.4. The number of nitrogens with one attached hydrogen (secondary N) is 1. The van der Waals surface area contributed by atoms with Gasteiger partial charge in [-0.2, -0.15) is 0 Å². The molecule has 0 bridgehead atoms. The van der Waals surface area contributed by atoms with Crippen LogP contribution in [0.3, 0.4) is 0 Å². The fourth-order valence-corrected chi connectivity index (χ4v) is 3.42. The van der Waals surface area contributed by atoms with E-state index >= 15 is 0 Å². The molecule has 0 aliphatic carbocycles. The van der Waals surface area contributed by atoms with Crippen molar-refractivity contribution in [3.05, 3.63) is 59.4 Å². The summed E-state index contributed by atoms with van der Waals surface area (Å²) in [4.78, 5) is 14.4. The number of rotatable bonds is 6. The third kappa shape index (κ3) is 4.81. The summed E-state index contributed by atoms with van der Waals surface area (Å²) in [6.07, 6.45) is 1.64. The third-order valence-electron chi connectivity index (χ3n) is 3.88. The molecule has 0 saturated heterocycles. The Bertz CT molecular complexity index is 940. The van der Waals surface area contributed by atoms with Crippen LogP contribution in [0.5, 0.6) is 0 Å². The van der Waals surface area contributed by atoms with Crippen LogP contribution in [0, 0.1) is 6.92 Å². The van der Waals surface area contributed by atoms with Crippen molar-refractivity contribution in [1.82, 2.24) is 14.8 Å². The Morgan fingerprint density at radius 2 is 1.96 bits per heavy atom. The minimum Gasteiger partial charge on any atom is -0.376 e. The number of amides is 1. The van der Waals surface area contributed by atoms with E-state index in [0.717, 1.165) is 11.4 Å². The van der Waals surface area contributed by atoms with Crippen LogP contribution in [0.25, 0.3) is 5.69 Å². The largest absolute Gasteiger partial charge is 0.376 e. The van der Waals surface area contributed by atoms with Gasteiger partial charge < -0.3 is 10.2 Å². The maximum Gasteiger partial charge on any atom is 0.234 e. The predicted molar refractivity (Wildman–Crippen MR) is 111 cm³/mol. The lowest BCUT2D eigenvalue weighted by molar-refractivity contribution is -0.113. The highest BCUT2D eigenvalue weighted by Crippen LogP contribution is 2.28. The number of benzene rings is 2. The Kier molecular flexibility index (Phi) is 6.03. The molecule has 3 aromatic rings. The van der Waals surface area contributed by atoms with Crippen molar-refractivity contribution in [2.24, 2.45) is 0 Å². The first-order valence-electron chi connectivity index (χ1n) is 8.30. The monoisotopic (exact) mass is 401 g/mol. The smallest absolute Gasteiger partial charge is 0.234 e. The zero-order chi connectivity index (χ0) is 19.4. The molecule has 6 nitrogen and oxygen atoms in total. The molecule has 1 aromatic heterocycles. The number of nitrogens with zero attached hydrogens (tertiary/aromatic N) is 4. The van der Waals surface area contributed by atoms with Crippen LogP contribution in [0.1, 0.15) is 5.56 Å². The number of hydrogen-bond donors (Lipinski definition) is 1. The van der Waals surface area contributed by atoms with Crippen LogP contribution in [0.15, 0.2) is 53.9 Å². The molecular weight excluding hydrogens is 382 g/mol. The Morgan fingerprint density at radius 3 is 2.67 bits per heavy atom. The number of hydrogen-bond acceptors (Lipinski definition) is 5. The van der Waals surface area contributed by atoms with Gasteiger partial charge in [0, 0.05) is 24.8 Å². The van der Waals surface area contributed by atoms with E-state index < -0.39 is 0 Å². The summed E-state index contributed by atoms with van der Waals surface area (Å²) >= 11 is 7.40. The second-order valence-corrected chi connectivity index (χ2v) is 7.59. The highest BCUT2D eigenvalue weighted by Gasteiger charge is 2.13. The summed E-state index contributed by atoms with van der Waals surface area (Å²) in [6, 6.07) is 13.5. The first kappa shape index (κ1) is 19.3. The van der Waals surface area contributed by atoms with Gasteiger partial charge in [-0.1, -0.05) is 41.1 Å². The van der Waals surface area contributed by atoms with E-state index in [1.165, 1.54) is 17.3 Å². The van der Waals surface area contributed by atoms with Crippen LogP contribution in [0.4, 0.5) is 11.4 Å². The van der Waals surface area contributed by atoms with Crippen molar-refractivity contribution in [2.75, 3.05) is 30.1 Å². The van der Waals surface area contributed by atoms with Gasteiger partial charge in [0.1, 0.15) is 6.33 Å². The van der Waals surface area contributed by atoms with Crippen molar-refractivity contribution < 1.29 is 4.79 Å². The predicted octanol–water partition coefficient (Wildman–Crippen LogP) is 4.03. The molecule has 0 atom stereocenters. The van der Waals surface area contributed by atoms with E-state index in [2.05, 4.69) is 15.5 Å². The fraction of sp³-hybridized carbons (Fsp3) is 0.211. The number of aryl methyl sites for hydroxylation is 1. The molecule has 140 valence electrons. The molecule has 0 aliphatic rings. The average molecular weight is 402 g/mol. The molecule has 0 fully saturated rings. The minimum atomic E-state index is -0.135. The van der Waals surface area contributed by atoms with Crippen LogP contribution in [0.2, 0.25) is 5.02 Å². The molecule has 0 unspecified atom stereocenters. The second kappa shape index (κ2) is 8.45. The van der Waals surface area contributed by atoms with E-state index in [-0.39, 0.29) is 11.7 Å². The maximum absolute atomic E-state index is 12.4. The van der Waals surface area contributed by atoms with Crippen LogP contribution in [-0.4, -0.2) is 40.5 Å².